The first kappa shape index (κ1) is 24.3. The molecule has 37 heavy (non-hydrogen) atoms. The number of carbonyl (C=O) groups excluding carboxylic acids is 2. The second-order valence-corrected chi connectivity index (χ2v) is 9.00. The molecule has 6 heteroatoms. The van der Waals surface area contributed by atoms with Crippen molar-refractivity contribution in [2.45, 2.75) is 32.2 Å². The summed E-state index contributed by atoms with van der Waals surface area (Å²) in [5.74, 6) is -1.01. The average molecular weight is 493 g/mol. The maximum absolute atomic E-state index is 13.5. The molecule has 5 rings (SSSR count). The zero-order valence-corrected chi connectivity index (χ0v) is 20.6. The number of fused-ring (bicyclic) bond motifs is 1. The van der Waals surface area contributed by atoms with Crippen molar-refractivity contribution in [1.29, 1.82) is 0 Å². The van der Waals surface area contributed by atoms with E-state index in [4.69, 9.17) is 4.74 Å². The lowest BCUT2D eigenvalue weighted by atomic mass is 9.97. The Balaban J connectivity index is 1.59. The number of unbranched alkanes of at least 4 members (excludes halogenated alkanes) is 2. The van der Waals surface area contributed by atoms with Crippen molar-refractivity contribution in [2.24, 2.45) is 0 Å². The lowest BCUT2D eigenvalue weighted by Crippen LogP contribution is -2.30. The van der Waals surface area contributed by atoms with Crippen LogP contribution >= 0.6 is 0 Å². The van der Waals surface area contributed by atoms with Gasteiger partial charge in [-0.05, 0) is 54.3 Å². The van der Waals surface area contributed by atoms with Crippen LogP contribution in [-0.2, 0) is 9.59 Å². The molecule has 1 fully saturated rings. The summed E-state index contributed by atoms with van der Waals surface area (Å²) in [6.07, 6.45) is 4.80. The van der Waals surface area contributed by atoms with Crippen molar-refractivity contribution in [3.63, 3.8) is 0 Å². The lowest BCUT2D eigenvalue weighted by Gasteiger charge is -2.25. The Labute approximate surface area is 215 Å². The molecule has 186 valence electrons. The van der Waals surface area contributed by atoms with E-state index in [9.17, 15) is 14.7 Å². The Bertz CT molecular complexity index is 1460. The first-order chi connectivity index (χ1) is 18.1. The van der Waals surface area contributed by atoms with E-state index < -0.39 is 17.7 Å². The van der Waals surface area contributed by atoms with E-state index in [0.29, 0.717) is 29.3 Å². The minimum atomic E-state index is -0.878. The summed E-state index contributed by atoms with van der Waals surface area (Å²) in [4.78, 5) is 32.8. The summed E-state index contributed by atoms with van der Waals surface area (Å²) in [6, 6.07) is 24.7. The van der Waals surface area contributed by atoms with Gasteiger partial charge >= 0.3 is 0 Å². The molecule has 0 spiro atoms. The maximum atomic E-state index is 13.5. The monoisotopic (exact) mass is 492 g/mol. The predicted octanol–water partition coefficient (Wildman–Crippen LogP) is 6.43. The Morgan fingerprint density at radius 3 is 2.43 bits per heavy atom. The van der Waals surface area contributed by atoms with Crippen LogP contribution in [0.3, 0.4) is 0 Å². The number of aliphatic hydroxyl groups is 1. The molecular formula is C31H28N2O4. The second kappa shape index (κ2) is 10.7. The fraction of sp³-hybridized carbons (Fsp3) is 0.194. The largest absolute Gasteiger partial charge is 0.507 e. The van der Waals surface area contributed by atoms with Crippen LogP contribution < -0.4 is 9.64 Å². The van der Waals surface area contributed by atoms with E-state index >= 15 is 0 Å². The Morgan fingerprint density at radius 1 is 0.919 bits per heavy atom. The number of nitrogens with zero attached hydrogens (tertiary/aromatic N) is 2. The van der Waals surface area contributed by atoms with Gasteiger partial charge in [0.2, 0.25) is 0 Å². The number of anilines is 1. The zero-order valence-electron chi connectivity index (χ0n) is 20.6. The highest BCUT2D eigenvalue weighted by Gasteiger charge is 2.48. The number of Topliss-reactive ketones (excluding diaryl/α,β-unsaturated/α-hetero) is 1. The van der Waals surface area contributed by atoms with Gasteiger partial charge in [-0.2, -0.15) is 0 Å². The van der Waals surface area contributed by atoms with E-state index in [-0.39, 0.29) is 11.3 Å². The molecule has 1 amide bonds. The fourth-order valence-electron chi connectivity index (χ4n) is 4.72. The summed E-state index contributed by atoms with van der Waals surface area (Å²) >= 11 is 0. The smallest absolute Gasteiger partial charge is 0.300 e. The standard InChI is InChI=1S/C31H28N2O4/c1-2-3-8-20-37-23-17-15-22(16-18-23)29(34)27-28(25-13-6-7-19-32-25)33(31(36)30(27)35)26-14-9-11-21-10-4-5-12-24(21)26/h4-7,9-19,28,34H,2-3,8,20H2,1H3/b29-27+. The van der Waals surface area contributed by atoms with E-state index in [1.54, 1.807) is 48.7 Å². The minimum absolute atomic E-state index is 0.00764. The molecule has 3 aromatic carbocycles. The van der Waals surface area contributed by atoms with Crippen LogP contribution in [0.15, 0.2) is 96.7 Å². The van der Waals surface area contributed by atoms with E-state index in [0.717, 1.165) is 30.0 Å². The van der Waals surface area contributed by atoms with Crippen molar-refractivity contribution >= 4 is 33.9 Å². The number of benzene rings is 3. The van der Waals surface area contributed by atoms with Gasteiger partial charge in [0.25, 0.3) is 11.7 Å². The highest BCUT2D eigenvalue weighted by atomic mass is 16.5. The number of amides is 1. The number of hydrogen-bond donors (Lipinski definition) is 1. The third kappa shape index (κ3) is 4.70. The van der Waals surface area contributed by atoms with E-state index in [2.05, 4.69) is 11.9 Å². The van der Waals surface area contributed by atoms with Gasteiger partial charge < -0.3 is 9.84 Å². The van der Waals surface area contributed by atoms with Crippen LogP contribution in [0.1, 0.15) is 43.5 Å². The SMILES string of the molecule is CCCCCOc1ccc(/C(O)=C2\C(=O)C(=O)N(c3cccc4ccccc34)C2c2ccccn2)cc1. The highest BCUT2D eigenvalue weighted by Crippen LogP contribution is 2.43. The third-order valence-corrected chi connectivity index (χ3v) is 6.58. The number of pyridine rings is 1. The molecule has 1 unspecified atom stereocenters. The molecule has 0 radical (unpaired) electrons. The first-order valence-corrected chi connectivity index (χ1v) is 12.5. The van der Waals surface area contributed by atoms with Crippen LogP contribution in [0.2, 0.25) is 0 Å². The van der Waals surface area contributed by atoms with Crippen molar-refractivity contribution in [2.75, 3.05) is 11.5 Å². The summed E-state index contributed by atoms with van der Waals surface area (Å²) < 4.78 is 5.78. The number of carbonyl (C=O) groups is 2. The summed E-state index contributed by atoms with van der Waals surface area (Å²) in [6.45, 7) is 2.76. The van der Waals surface area contributed by atoms with Crippen LogP contribution in [0, 0.1) is 0 Å². The van der Waals surface area contributed by atoms with Crippen molar-refractivity contribution in [3.05, 3.63) is 108 Å². The minimum Gasteiger partial charge on any atom is -0.507 e. The van der Waals surface area contributed by atoms with Gasteiger partial charge in [0, 0.05) is 17.1 Å². The molecule has 1 aliphatic rings. The second-order valence-electron chi connectivity index (χ2n) is 9.00. The van der Waals surface area contributed by atoms with Gasteiger partial charge in [-0.25, -0.2) is 0 Å². The molecule has 4 aromatic rings. The molecule has 0 aliphatic carbocycles. The molecule has 6 nitrogen and oxygen atoms in total. The molecule has 1 N–H and O–H groups in total. The lowest BCUT2D eigenvalue weighted by molar-refractivity contribution is -0.132. The maximum Gasteiger partial charge on any atom is 0.300 e. The van der Waals surface area contributed by atoms with Gasteiger partial charge in [0.15, 0.2) is 0 Å². The van der Waals surface area contributed by atoms with Gasteiger partial charge in [-0.1, -0.05) is 62.2 Å². The molecule has 0 saturated carbocycles. The molecule has 1 aliphatic heterocycles. The number of hydrogen-bond acceptors (Lipinski definition) is 5. The summed E-state index contributed by atoms with van der Waals surface area (Å²) in [5.41, 5.74) is 1.52. The van der Waals surface area contributed by atoms with Crippen molar-refractivity contribution in [3.8, 4) is 5.75 Å². The van der Waals surface area contributed by atoms with Gasteiger partial charge in [-0.3, -0.25) is 19.5 Å². The van der Waals surface area contributed by atoms with E-state index in [1.807, 2.05) is 42.5 Å². The van der Waals surface area contributed by atoms with Crippen LogP contribution in [0.4, 0.5) is 5.69 Å². The number of ether oxygens (including phenoxy) is 1. The Hall–Kier alpha value is -4.45. The topological polar surface area (TPSA) is 79.7 Å². The van der Waals surface area contributed by atoms with Gasteiger partial charge in [0.1, 0.15) is 17.6 Å². The Morgan fingerprint density at radius 2 is 1.68 bits per heavy atom. The zero-order chi connectivity index (χ0) is 25.8. The molecule has 1 saturated heterocycles. The normalized spacial score (nSPS) is 16.9. The third-order valence-electron chi connectivity index (χ3n) is 6.58. The number of rotatable bonds is 8. The first-order valence-electron chi connectivity index (χ1n) is 12.5. The number of aromatic nitrogens is 1. The fourth-order valence-corrected chi connectivity index (χ4v) is 4.72. The molecule has 2 heterocycles. The van der Waals surface area contributed by atoms with Gasteiger partial charge in [0.05, 0.1) is 23.6 Å². The average Bonchev–Trinajstić information content (AvgIpc) is 3.21. The van der Waals surface area contributed by atoms with Crippen molar-refractivity contribution < 1.29 is 19.4 Å². The van der Waals surface area contributed by atoms with Gasteiger partial charge in [-0.15, -0.1) is 0 Å². The number of aliphatic hydroxyl groups excluding tert-OH is 1. The summed E-state index contributed by atoms with van der Waals surface area (Å²) in [7, 11) is 0. The number of ketones is 1. The van der Waals surface area contributed by atoms with Crippen LogP contribution in [0.25, 0.3) is 16.5 Å². The van der Waals surface area contributed by atoms with Crippen LogP contribution in [0.5, 0.6) is 5.75 Å². The molecule has 1 aromatic heterocycles. The molecule has 0 bridgehead atoms. The Kier molecular flexibility index (Phi) is 6.99. The van der Waals surface area contributed by atoms with Crippen LogP contribution in [-0.4, -0.2) is 28.4 Å². The quantitative estimate of drug-likeness (QED) is 0.133. The summed E-state index contributed by atoms with van der Waals surface area (Å²) in [5, 5.41) is 13.1. The highest BCUT2D eigenvalue weighted by molar-refractivity contribution is 6.52. The van der Waals surface area contributed by atoms with Crippen molar-refractivity contribution in [1.82, 2.24) is 4.98 Å². The predicted molar refractivity (Wildman–Crippen MR) is 144 cm³/mol. The molecule has 1 atom stereocenters. The van der Waals surface area contributed by atoms with E-state index in [1.165, 1.54) is 4.90 Å². The molecular weight excluding hydrogens is 464 g/mol.